The number of nitrogens with zero attached hydrogens (tertiary/aromatic N) is 4. The van der Waals surface area contributed by atoms with E-state index in [2.05, 4.69) is 15.1 Å². The van der Waals surface area contributed by atoms with Gasteiger partial charge in [-0.25, -0.2) is 13.2 Å². The molecule has 1 aliphatic heterocycles. The molecule has 1 saturated heterocycles. The molecule has 1 aromatic carbocycles. The Morgan fingerprint density at radius 3 is 2.48 bits per heavy atom. The predicted molar refractivity (Wildman–Crippen MR) is 81.4 cm³/mol. The summed E-state index contributed by atoms with van der Waals surface area (Å²) in [5, 5.41) is 7.68. The molecule has 1 amide bonds. The summed E-state index contributed by atoms with van der Waals surface area (Å²) in [6, 6.07) is 1.73. The van der Waals surface area contributed by atoms with Gasteiger partial charge in [0.1, 0.15) is 0 Å². The van der Waals surface area contributed by atoms with Crippen molar-refractivity contribution in [3.63, 3.8) is 0 Å². The van der Waals surface area contributed by atoms with Gasteiger partial charge in [-0.15, -0.1) is 10.2 Å². The van der Waals surface area contributed by atoms with Crippen molar-refractivity contribution in [3.8, 4) is 0 Å². The van der Waals surface area contributed by atoms with Crippen molar-refractivity contribution in [2.24, 2.45) is 0 Å². The molecule has 0 unspecified atom stereocenters. The predicted octanol–water partition coefficient (Wildman–Crippen LogP) is 1.80. The van der Waals surface area contributed by atoms with E-state index < -0.39 is 28.9 Å². The normalized spacial score (nSPS) is 15.6. The zero-order chi connectivity index (χ0) is 18.0. The van der Waals surface area contributed by atoms with Crippen molar-refractivity contribution in [2.75, 3.05) is 32.7 Å². The Kier molecular flexibility index (Phi) is 5.03. The molecule has 6 nitrogen and oxygen atoms in total. The standard InChI is InChI=1S/C16H17F3N4O2/c1-10-20-21-13(25-10)4-5-22-6-8-23(9-7-22)16(24)11-2-3-12(17)15(19)14(11)18/h2-3H,4-9H2,1H3. The molecular formula is C16H17F3N4O2. The van der Waals surface area contributed by atoms with Crippen LogP contribution in [0, 0.1) is 24.4 Å². The lowest BCUT2D eigenvalue weighted by molar-refractivity contribution is 0.0630. The highest BCUT2D eigenvalue weighted by molar-refractivity contribution is 5.94. The molecule has 0 saturated carbocycles. The minimum Gasteiger partial charge on any atom is -0.426 e. The number of aryl methyl sites for hydroxylation is 1. The zero-order valence-electron chi connectivity index (χ0n) is 13.6. The molecule has 0 radical (unpaired) electrons. The van der Waals surface area contributed by atoms with Crippen molar-refractivity contribution in [1.82, 2.24) is 20.0 Å². The van der Waals surface area contributed by atoms with Gasteiger partial charge in [0.05, 0.1) is 5.56 Å². The molecule has 25 heavy (non-hydrogen) atoms. The van der Waals surface area contributed by atoms with E-state index in [0.29, 0.717) is 50.9 Å². The highest BCUT2D eigenvalue weighted by Gasteiger charge is 2.26. The second kappa shape index (κ2) is 7.22. The maximum Gasteiger partial charge on any atom is 0.257 e. The van der Waals surface area contributed by atoms with Crippen molar-refractivity contribution in [1.29, 1.82) is 0 Å². The Bertz CT molecular complexity index is 773. The maximum absolute atomic E-state index is 13.8. The molecule has 9 heteroatoms. The second-order valence-corrected chi connectivity index (χ2v) is 5.82. The number of piperazine rings is 1. The lowest BCUT2D eigenvalue weighted by atomic mass is 10.1. The summed E-state index contributed by atoms with van der Waals surface area (Å²) in [6.07, 6.45) is 0.604. The Labute approximate surface area is 142 Å². The van der Waals surface area contributed by atoms with Crippen LogP contribution in [0.5, 0.6) is 0 Å². The molecule has 0 N–H and O–H groups in total. The van der Waals surface area contributed by atoms with Gasteiger partial charge in [-0.05, 0) is 12.1 Å². The summed E-state index contributed by atoms with van der Waals surface area (Å²) in [6.45, 7) is 4.34. The van der Waals surface area contributed by atoms with Crippen molar-refractivity contribution >= 4 is 5.91 Å². The SMILES string of the molecule is Cc1nnc(CCN2CCN(C(=O)c3ccc(F)c(F)c3F)CC2)o1. The first-order chi connectivity index (χ1) is 12.0. The van der Waals surface area contributed by atoms with E-state index >= 15 is 0 Å². The van der Waals surface area contributed by atoms with Gasteiger partial charge in [0.15, 0.2) is 17.5 Å². The number of amides is 1. The number of hydrogen-bond donors (Lipinski definition) is 0. The molecule has 1 aliphatic rings. The van der Waals surface area contributed by atoms with Gasteiger partial charge in [-0.2, -0.15) is 0 Å². The molecule has 1 fully saturated rings. The molecule has 0 spiro atoms. The van der Waals surface area contributed by atoms with E-state index in [1.54, 1.807) is 6.92 Å². The topological polar surface area (TPSA) is 62.5 Å². The first-order valence-electron chi connectivity index (χ1n) is 7.90. The lowest BCUT2D eigenvalue weighted by Gasteiger charge is -2.34. The van der Waals surface area contributed by atoms with Crippen LogP contribution in [0.1, 0.15) is 22.1 Å². The molecule has 0 atom stereocenters. The molecular weight excluding hydrogens is 337 g/mol. The summed E-state index contributed by atoms with van der Waals surface area (Å²) >= 11 is 0. The Morgan fingerprint density at radius 2 is 1.84 bits per heavy atom. The summed E-state index contributed by atoms with van der Waals surface area (Å²) in [5.74, 6) is -3.95. The molecule has 3 rings (SSSR count). The fourth-order valence-electron chi connectivity index (χ4n) is 2.73. The monoisotopic (exact) mass is 354 g/mol. The Hall–Kier alpha value is -2.42. The zero-order valence-corrected chi connectivity index (χ0v) is 13.6. The highest BCUT2D eigenvalue weighted by Crippen LogP contribution is 2.18. The number of hydrogen-bond acceptors (Lipinski definition) is 5. The quantitative estimate of drug-likeness (QED) is 0.784. The number of rotatable bonds is 4. The van der Waals surface area contributed by atoms with Crippen molar-refractivity contribution in [3.05, 3.63) is 46.9 Å². The van der Waals surface area contributed by atoms with E-state index in [4.69, 9.17) is 4.42 Å². The van der Waals surface area contributed by atoms with Crippen LogP contribution in [0.3, 0.4) is 0 Å². The third kappa shape index (κ3) is 3.81. The Balaban J connectivity index is 1.55. The van der Waals surface area contributed by atoms with Gasteiger partial charge in [-0.1, -0.05) is 0 Å². The van der Waals surface area contributed by atoms with Crippen LogP contribution in [0.15, 0.2) is 16.5 Å². The molecule has 0 aliphatic carbocycles. The number of aromatic nitrogens is 2. The first kappa shape index (κ1) is 17.4. The van der Waals surface area contributed by atoms with Crippen LogP contribution < -0.4 is 0 Å². The molecule has 0 bridgehead atoms. The van der Waals surface area contributed by atoms with Gasteiger partial charge < -0.3 is 9.32 Å². The molecule has 134 valence electrons. The first-order valence-corrected chi connectivity index (χ1v) is 7.90. The van der Waals surface area contributed by atoms with Crippen molar-refractivity contribution in [2.45, 2.75) is 13.3 Å². The highest BCUT2D eigenvalue weighted by atomic mass is 19.2. The van der Waals surface area contributed by atoms with Crippen molar-refractivity contribution < 1.29 is 22.4 Å². The van der Waals surface area contributed by atoms with Gasteiger partial charge in [0, 0.05) is 46.1 Å². The van der Waals surface area contributed by atoms with Gasteiger partial charge in [-0.3, -0.25) is 9.69 Å². The summed E-state index contributed by atoms with van der Waals surface area (Å²) in [5.41, 5.74) is -0.450. The van der Waals surface area contributed by atoms with E-state index in [-0.39, 0.29) is 0 Å². The lowest BCUT2D eigenvalue weighted by Crippen LogP contribution is -2.49. The fraction of sp³-hybridized carbons (Fsp3) is 0.438. The van der Waals surface area contributed by atoms with Crippen LogP contribution in [0.25, 0.3) is 0 Å². The summed E-state index contributed by atoms with van der Waals surface area (Å²) < 4.78 is 45.3. The molecule has 2 aromatic rings. The van der Waals surface area contributed by atoms with Crippen LogP contribution in [-0.2, 0) is 6.42 Å². The van der Waals surface area contributed by atoms with E-state index in [9.17, 15) is 18.0 Å². The third-order valence-corrected chi connectivity index (χ3v) is 4.13. The number of benzene rings is 1. The number of carbonyl (C=O) groups excluding carboxylic acids is 1. The Morgan fingerprint density at radius 1 is 1.12 bits per heavy atom. The van der Waals surface area contributed by atoms with Crippen LogP contribution in [-0.4, -0.2) is 58.6 Å². The van der Waals surface area contributed by atoms with Crippen LogP contribution in [0.2, 0.25) is 0 Å². The largest absolute Gasteiger partial charge is 0.426 e. The van der Waals surface area contributed by atoms with Gasteiger partial charge in [0.25, 0.3) is 5.91 Å². The third-order valence-electron chi connectivity index (χ3n) is 4.13. The number of carbonyl (C=O) groups is 1. The average Bonchev–Trinajstić information content (AvgIpc) is 3.03. The molecule has 1 aromatic heterocycles. The van der Waals surface area contributed by atoms with Gasteiger partial charge in [0.2, 0.25) is 11.8 Å². The van der Waals surface area contributed by atoms with Crippen LogP contribution in [0.4, 0.5) is 13.2 Å². The number of halogens is 3. The second-order valence-electron chi connectivity index (χ2n) is 5.82. The molecule has 2 heterocycles. The maximum atomic E-state index is 13.8. The van der Waals surface area contributed by atoms with Crippen LogP contribution >= 0.6 is 0 Å². The van der Waals surface area contributed by atoms with E-state index in [1.807, 2.05) is 0 Å². The average molecular weight is 354 g/mol. The minimum atomic E-state index is -1.63. The fourth-order valence-corrected chi connectivity index (χ4v) is 2.73. The summed E-state index contributed by atoms with van der Waals surface area (Å²) in [7, 11) is 0. The minimum absolute atomic E-state index is 0.375. The van der Waals surface area contributed by atoms with Gasteiger partial charge >= 0.3 is 0 Å². The summed E-state index contributed by atoms with van der Waals surface area (Å²) in [4.78, 5) is 15.9. The van der Waals surface area contributed by atoms with E-state index in [0.717, 1.165) is 12.1 Å². The smallest absolute Gasteiger partial charge is 0.257 e. The van der Waals surface area contributed by atoms with E-state index in [1.165, 1.54) is 4.90 Å².